The summed E-state index contributed by atoms with van der Waals surface area (Å²) in [5, 5.41) is 0.702. The molecule has 0 spiro atoms. The number of nitrogens with two attached hydrogens (primary N) is 1. The van der Waals surface area contributed by atoms with Crippen molar-refractivity contribution in [2.24, 2.45) is 5.92 Å². The van der Waals surface area contributed by atoms with Crippen molar-refractivity contribution in [1.82, 2.24) is 0 Å². The van der Waals surface area contributed by atoms with Crippen LogP contribution < -0.4 is 5.73 Å². The number of hydrogen-bond acceptors (Lipinski definition) is 2. The largest absolute Gasteiger partial charge is 0.398 e. The third-order valence-corrected chi connectivity index (χ3v) is 3.83. The smallest absolute Gasteiger partial charge is 0.0751 e. The second kappa shape index (κ2) is 6.27. The summed E-state index contributed by atoms with van der Waals surface area (Å²) < 4.78 is 5.76. The van der Waals surface area contributed by atoms with Crippen LogP contribution in [0.1, 0.15) is 37.7 Å². The summed E-state index contributed by atoms with van der Waals surface area (Å²) in [7, 11) is 0. The highest BCUT2D eigenvalue weighted by Gasteiger charge is 2.14. The summed E-state index contributed by atoms with van der Waals surface area (Å²) in [4.78, 5) is 0. The molecule has 1 fully saturated rings. The van der Waals surface area contributed by atoms with E-state index in [1.807, 2.05) is 18.2 Å². The van der Waals surface area contributed by atoms with Gasteiger partial charge >= 0.3 is 0 Å². The summed E-state index contributed by atoms with van der Waals surface area (Å²) in [5.74, 6) is 0.729. The fourth-order valence-electron chi connectivity index (χ4n) is 2.41. The second-order valence-corrected chi connectivity index (χ2v) is 5.23. The van der Waals surface area contributed by atoms with Gasteiger partial charge in [-0.1, -0.05) is 36.9 Å². The highest BCUT2D eigenvalue weighted by Crippen LogP contribution is 2.26. The normalized spacial score (nSPS) is 17.2. The summed E-state index contributed by atoms with van der Waals surface area (Å²) in [6.07, 6.45) is 6.69. The average Bonchev–Trinajstić information content (AvgIpc) is 2.34. The van der Waals surface area contributed by atoms with Gasteiger partial charge in [0, 0.05) is 22.9 Å². The van der Waals surface area contributed by atoms with Crippen LogP contribution in [0.15, 0.2) is 18.2 Å². The third kappa shape index (κ3) is 3.62. The number of halogens is 1. The van der Waals surface area contributed by atoms with Gasteiger partial charge in [-0.05, 0) is 30.9 Å². The first-order valence-electron chi connectivity index (χ1n) is 6.38. The van der Waals surface area contributed by atoms with E-state index >= 15 is 0 Å². The standard InChI is InChI=1S/C14H20ClNO/c15-13-7-4-8-14(16)12(13)10-17-9-11-5-2-1-3-6-11/h4,7-8,11H,1-3,5-6,9-10,16H2. The Bertz CT molecular complexity index is 341. The zero-order chi connectivity index (χ0) is 12.1. The van der Waals surface area contributed by atoms with Crippen LogP contribution in [0.5, 0.6) is 0 Å². The van der Waals surface area contributed by atoms with Crippen molar-refractivity contribution in [3.8, 4) is 0 Å². The SMILES string of the molecule is Nc1cccc(Cl)c1COCC1CCCCC1. The molecule has 0 unspecified atom stereocenters. The molecule has 2 rings (SSSR count). The molecule has 1 aromatic carbocycles. The Labute approximate surface area is 108 Å². The van der Waals surface area contributed by atoms with Gasteiger partial charge in [0.15, 0.2) is 0 Å². The quantitative estimate of drug-likeness (QED) is 0.823. The molecular formula is C14H20ClNO. The number of ether oxygens (including phenoxy) is 1. The third-order valence-electron chi connectivity index (χ3n) is 3.48. The molecule has 0 aliphatic heterocycles. The number of nitrogen functional groups attached to an aromatic ring is 1. The Morgan fingerprint density at radius 2 is 2.00 bits per heavy atom. The van der Waals surface area contributed by atoms with E-state index in [9.17, 15) is 0 Å². The van der Waals surface area contributed by atoms with Gasteiger partial charge in [-0.3, -0.25) is 0 Å². The van der Waals surface area contributed by atoms with Crippen molar-refractivity contribution in [3.63, 3.8) is 0 Å². The van der Waals surface area contributed by atoms with Gasteiger partial charge in [0.25, 0.3) is 0 Å². The maximum absolute atomic E-state index is 6.09. The number of anilines is 1. The molecule has 2 N–H and O–H groups in total. The van der Waals surface area contributed by atoms with Crippen LogP contribution in [0.3, 0.4) is 0 Å². The summed E-state index contributed by atoms with van der Waals surface area (Å²) in [6, 6.07) is 5.59. The minimum atomic E-state index is 0.530. The number of benzene rings is 1. The van der Waals surface area contributed by atoms with Crippen LogP contribution in [0, 0.1) is 5.92 Å². The fourth-order valence-corrected chi connectivity index (χ4v) is 2.65. The first-order valence-corrected chi connectivity index (χ1v) is 6.76. The lowest BCUT2D eigenvalue weighted by atomic mass is 9.90. The van der Waals surface area contributed by atoms with Crippen LogP contribution >= 0.6 is 11.6 Å². The van der Waals surface area contributed by atoms with E-state index in [0.29, 0.717) is 11.6 Å². The van der Waals surface area contributed by atoms with Gasteiger partial charge in [-0.25, -0.2) is 0 Å². The molecule has 0 radical (unpaired) electrons. The second-order valence-electron chi connectivity index (χ2n) is 4.83. The number of hydrogen-bond donors (Lipinski definition) is 1. The van der Waals surface area contributed by atoms with Gasteiger partial charge in [0.2, 0.25) is 0 Å². The predicted octanol–water partition coefficient (Wildman–Crippen LogP) is 4.02. The Hall–Kier alpha value is -0.730. The maximum atomic E-state index is 6.09. The highest BCUT2D eigenvalue weighted by atomic mass is 35.5. The van der Waals surface area contributed by atoms with Crippen LogP contribution in [0.4, 0.5) is 5.69 Å². The Balaban J connectivity index is 1.81. The zero-order valence-electron chi connectivity index (χ0n) is 10.1. The van der Waals surface area contributed by atoms with Gasteiger partial charge in [0.1, 0.15) is 0 Å². The van der Waals surface area contributed by atoms with Crippen molar-refractivity contribution < 1.29 is 4.74 Å². The minimum absolute atomic E-state index is 0.530. The van der Waals surface area contributed by atoms with Gasteiger partial charge in [-0.2, -0.15) is 0 Å². The first kappa shape index (κ1) is 12.7. The molecule has 0 bridgehead atoms. The van der Waals surface area contributed by atoms with E-state index in [1.165, 1.54) is 32.1 Å². The topological polar surface area (TPSA) is 35.2 Å². The van der Waals surface area contributed by atoms with Crippen molar-refractivity contribution in [2.45, 2.75) is 38.7 Å². The van der Waals surface area contributed by atoms with E-state index in [0.717, 1.165) is 23.8 Å². The van der Waals surface area contributed by atoms with E-state index in [1.54, 1.807) is 0 Å². The molecule has 1 aromatic rings. The van der Waals surface area contributed by atoms with Gasteiger partial charge in [0.05, 0.1) is 6.61 Å². The van der Waals surface area contributed by atoms with Crippen molar-refractivity contribution in [2.75, 3.05) is 12.3 Å². The lowest BCUT2D eigenvalue weighted by Crippen LogP contribution is -2.13. The van der Waals surface area contributed by atoms with E-state index in [-0.39, 0.29) is 0 Å². The van der Waals surface area contributed by atoms with Crippen LogP contribution in [-0.2, 0) is 11.3 Å². The van der Waals surface area contributed by atoms with Gasteiger partial charge in [-0.15, -0.1) is 0 Å². The lowest BCUT2D eigenvalue weighted by molar-refractivity contribution is 0.0743. The molecule has 0 atom stereocenters. The van der Waals surface area contributed by atoms with Crippen molar-refractivity contribution in [1.29, 1.82) is 0 Å². The van der Waals surface area contributed by atoms with E-state index in [2.05, 4.69) is 0 Å². The predicted molar refractivity (Wildman–Crippen MR) is 72.1 cm³/mol. The monoisotopic (exact) mass is 253 g/mol. The van der Waals surface area contributed by atoms with Crippen LogP contribution in [-0.4, -0.2) is 6.61 Å². The van der Waals surface area contributed by atoms with Crippen LogP contribution in [0.2, 0.25) is 5.02 Å². The molecule has 94 valence electrons. The molecule has 1 saturated carbocycles. The first-order chi connectivity index (χ1) is 8.27. The Morgan fingerprint density at radius 1 is 1.24 bits per heavy atom. The molecule has 17 heavy (non-hydrogen) atoms. The lowest BCUT2D eigenvalue weighted by Gasteiger charge is -2.21. The fraction of sp³-hybridized carbons (Fsp3) is 0.571. The summed E-state index contributed by atoms with van der Waals surface area (Å²) >= 11 is 6.09. The zero-order valence-corrected chi connectivity index (χ0v) is 10.9. The molecule has 3 heteroatoms. The van der Waals surface area contributed by atoms with Crippen molar-refractivity contribution in [3.05, 3.63) is 28.8 Å². The van der Waals surface area contributed by atoms with E-state index < -0.39 is 0 Å². The number of rotatable bonds is 4. The highest BCUT2D eigenvalue weighted by molar-refractivity contribution is 6.31. The Morgan fingerprint density at radius 3 is 2.71 bits per heavy atom. The summed E-state index contributed by atoms with van der Waals surface area (Å²) in [6.45, 7) is 1.37. The Kier molecular flexibility index (Phi) is 4.69. The molecule has 0 aromatic heterocycles. The molecule has 2 nitrogen and oxygen atoms in total. The van der Waals surface area contributed by atoms with Crippen molar-refractivity contribution >= 4 is 17.3 Å². The summed E-state index contributed by atoms with van der Waals surface area (Å²) in [5.41, 5.74) is 7.52. The van der Waals surface area contributed by atoms with E-state index in [4.69, 9.17) is 22.1 Å². The van der Waals surface area contributed by atoms with Gasteiger partial charge < -0.3 is 10.5 Å². The molecule has 0 amide bonds. The molecular weight excluding hydrogens is 234 g/mol. The molecule has 0 heterocycles. The van der Waals surface area contributed by atoms with Crippen LogP contribution in [0.25, 0.3) is 0 Å². The minimum Gasteiger partial charge on any atom is -0.398 e. The molecule has 1 aliphatic carbocycles. The maximum Gasteiger partial charge on any atom is 0.0751 e. The molecule has 1 aliphatic rings. The average molecular weight is 254 g/mol. The molecule has 0 saturated heterocycles.